The molecule has 6 nitrogen and oxygen atoms in total. The van der Waals surface area contributed by atoms with Gasteiger partial charge in [0, 0.05) is 18.9 Å². The number of ether oxygens (including phenoxy) is 1. The molecular formula is C19H19NO5. The molecule has 6 heteroatoms. The van der Waals surface area contributed by atoms with Crippen LogP contribution in [0.15, 0.2) is 51.8 Å². The van der Waals surface area contributed by atoms with Crippen LogP contribution in [0.3, 0.4) is 0 Å². The average molecular weight is 341 g/mol. The molecule has 0 spiro atoms. The molecule has 2 aromatic heterocycles. The number of hydrogen-bond acceptors (Lipinski definition) is 6. The number of nitrogens with zero attached hydrogens (tertiary/aromatic N) is 1. The third-order valence-electron chi connectivity index (χ3n) is 3.90. The zero-order valence-electron chi connectivity index (χ0n) is 13.6. The summed E-state index contributed by atoms with van der Waals surface area (Å²) in [4.78, 5) is 16.2. The summed E-state index contributed by atoms with van der Waals surface area (Å²) in [7, 11) is 0. The van der Waals surface area contributed by atoms with E-state index in [-0.39, 0.29) is 17.9 Å². The molecule has 0 saturated carbocycles. The van der Waals surface area contributed by atoms with Crippen molar-refractivity contribution in [2.24, 2.45) is 0 Å². The van der Waals surface area contributed by atoms with Crippen molar-refractivity contribution in [2.45, 2.75) is 19.3 Å². The van der Waals surface area contributed by atoms with Crippen LogP contribution in [0.5, 0.6) is 11.6 Å². The molecule has 130 valence electrons. The van der Waals surface area contributed by atoms with Gasteiger partial charge in [0.05, 0.1) is 17.6 Å². The fourth-order valence-electron chi connectivity index (χ4n) is 2.63. The molecule has 0 aliphatic heterocycles. The first-order chi connectivity index (χ1) is 12.2. The van der Waals surface area contributed by atoms with E-state index in [9.17, 15) is 9.90 Å². The molecule has 25 heavy (non-hydrogen) atoms. The fraction of sp³-hybridized carbons (Fsp3) is 0.263. The van der Waals surface area contributed by atoms with Crippen LogP contribution in [0.2, 0.25) is 0 Å². The number of rotatable bonds is 7. The van der Waals surface area contributed by atoms with E-state index in [1.165, 1.54) is 0 Å². The number of aliphatic hydroxyl groups excluding tert-OH is 1. The van der Waals surface area contributed by atoms with Crippen LogP contribution in [-0.4, -0.2) is 28.4 Å². The Morgan fingerprint density at radius 3 is 2.80 bits per heavy atom. The van der Waals surface area contributed by atoms with Crippen molar-refractivity contribution in [3.05, 3.63) is 64.1 Å². The smallest absolute Gasteiger partial charge is 0.343 e. The Morgan fingerprint density at radius 2 is 2.04 bits per heavy atom. The first-order valence-corrected chi connectivity index (χ1v) is 8.11. The topological polar surface area (TPSA) is 92.8 Å². The summed E-state index contributed by atoms with van der Waals surface area (Å²) in [5.41, 5.74) is 0.854. The molecule has 0 atom stereocenters. The monoisotopic (exact) mass is 341 g/mol. The zero-order valence-corrected chi connectivity index (χ0v) is 13.6. The lowest BCUT2D eigenvalue weighted by Gasteiger charge is -2.08. The Kier molecular flexibility index (Phi) is 5.30. The van der Waals surface area contributed by atoms with Crippen molar-refractivity contribution >= 4 is 11.0 Å². The predicted octanol–water partition coefficient (Wildman–Crippen LogP) is 2.44. The number of benzene rings is 1. The molecule has 0 fully saturated rings. The summed E-state index contributed by atoms with van der Waals surface area (Å²) >= 11 is 0. The van der Waals surface area contributed by atoms with Crippen LogP contribution >= 0.6 is 0 Å². The summed E-state index contributed by atoms with van der Waals surface area (Å²) < 4.78 is 10.8. The van der Waals surface area contributed by atoms with E-state index < -0.39 is 5.63 Å². The normalized spacial score (nSPS) is 10.9. The van der Waals surface area contributed by atoms with Crippen LogP contribution in [0.25, 0.3) is 11.0 Å². The summed E-state index contributed by atoms with van der Waals surface area (Å²) in [5.74, 6) is 0.466. The van der Waals surface area contributed by atoms with Crippen LogP contribution < -0.4 is 10.4 Å². The number of hydrogen-bond donors (Lipinski definition) is 2. The predicted molar refractivity (Wildman–Crippen MR) is 93.0 cm³/mol. The number of aromatic hydroxyl groups is 1. The van der Waals surface area contributed by atoms with Crippen molar-refractivity contribution in [2.75, 3.05) is 13.2 Å². The molecule has 2 heterocycles. The van der Waals surface area contributed by atoms with Gasteiger partial charge in [0.2, 0.25) is 5.88 Å². The molecule has 0 bridgehead atoms. The lowest BCUT2D eigenvalue weighted by Crippen LogP contribution is -2.10. The van der Waals surface area contributed by atoms with Crippen LogP contribution in [0, 0.1) is 0 Å². The lowest BCUT2D eigenvalue weighted by molar-refractivity contribution is 0.298. The highest BCUT2D eigenvalue weighted by atomic mass is 16.5. The SMILES string of the molecule is O=c1oc2cc(CCO)ccc2c(O)c1CCCOc1ccccn1. The molecule has 0 unspecified atom stereocenters. The van der Waals surface area contributed by atoms with Crippen LogP contribution in [0.4, 0.5) is 0 Å². The molecular weight excluding hydrogens is 322 g/mol. The van der Waals surface area contributed by atoms with Gasteiger partial charge in [0.25, 0.3) is 0 Å². The molecule has 0 radical (unpaired) electrons. The maximum atomic E-state index is 12.2. The quantitative estimate of drug-likeness (QED) is 0.506. The van der Waals surface area contributed by atoms with Gasteiger partial charge in [-0.05, 0) is 43.0 Å². The van der Waals surface area contributed by atoms with Gasteiger partial charge in [-0.3, -0.25) is 0 Å². The minimum atomic E-state index is -0.552. The largest absolute Gasteiger partial charge is 0.507 e. The van der Waals surface area contributed by atoms with E-state index in [2.05, 4.69) is 4.98 Å². The van der Waals surface area contributed by atoms with Gasteiger partial charge >= 0.3 is 5.63 Å². The third kappa shape index (κ3) is 3.97. The van der Waals surface area contributed by atoms with E-state index >= 15 is 0 Å². The van der Waals surface area contributed by atoms with E-state index in [4.69, 9.17) is 14.3 Å². The van der Waals surface area contributed by atoms with Crippen LogP contribution in [0.1, 0.15) is 17.5 Å². The minimum Gasteiger partial charge on any atom is -0.507 e. The first-order valence-electron chi connectivity index (χ1n) is 8.11. The summed E-state index contributed by atoms with van der Waals surface area (Å²) in [6.45, 7) is 0.388. The van der Waals surface area contributed by atoms with E-state index in [0.717, 1.165) is 5.56 Å². The van der Waals surface area contributed by atoms with Gasteiger partial charge in [-0.1, -0.05) is 12.1 Å². The van der Waals surface area contributed by atoms with E-state index in [1.54, 1.807) is 36.5 Å². The number of aromatic nitrogens is 1. The Balaban J connectivity index is 1.73. The third-order valence-corrected chi connectivity index (χ3v) is 3.90. The van der Waals surface area contributed by atoms with Gasteiger partial charge in [-0.15, -0.1) is 0 Å². The standard InChI is InChI=1S/C19H19NO5/c21-10-8-13-6-7-14-16(12-13)25-19(23)15(18(14)22)4-3-11-24-17-5-1-2-9-20-17/h1-2,5-7,9,12,21-22H,3-4,8,10-11H2. The minimum absolute atomic E-state index is 0.01000. The second-order valence-electron chi connectivity index (χ2n) is 5.64. The Labute approximate surface area is 144 Å². The van der Waals surface area contributed by atoms with Gasteiger partial charge in [-0.25, -0.2) is 9.78 Å². The highest BCUT2D eigenvalue weighted by molar-refractivity contribution is 5.84. The Bertz CT molecular complexity index is 905. The van der Waals surface area contributed by atoms with Crippen LogP contribution in [-0.2, 0) is 12.8 Å². The zero-order chi connectivity index (χ0) is 17.6. The maximum Gasteiger partial charge on any atom is 0.343 e. The number of pyridine rings is 1. The lowest BCUT2D eigenvalue weighted by atomic mass is 10.1. The molecule has 3 aromatic rings. The molecule has 0 saturated heterocycles. The van der Waals surface area contributed by atoms with Crippen molar-refractivity contribution in [3.8, 4) is 11.6 Å². The van der Waals surface area contributed by atoms with Gasteiger partial charge in [-0.2, -0.15) is 0 Å². The maximum absolute atomic E-state index is 12.2. The Hall–Kier alpha value is -2.86. The number of aliphatic hydroxyl groups is 1. The van der Waals surface area contributed by atoms with Crippen molar-refractivity contribution in [1.82, 2.24) is 4.98 Å². The molecule has 0 aliphatic rings. The van der Waals surface area contributed by atoms with Gasteiger partial charge in [0.1, 0.15) is 11.3 Å². The second kappa shape index (κ2) is 7.81. The summed E-state index contributed by atoms with van der Waals surface area (Å²) in [6.07, 6.45) is 3.00. The molecule has 0 aliphatic carbocycles. The molecule has 3 rings (SSSR count). The summed E-state index contributed by atoms with van der Waals surface area (Å²) in [6, 6.07) is 10.6. The highest BCUT2D eigenvalue weighted by Gasteiger charge is 2.14. The molecule has 0 amide bonds. The van der Waals surface area contributed by atoms with Gasteiger partial charge in [0.15, 0.2) is 0 Å². The molecule has 1 aromatic carbocycles. The highest BCUT2D eigenvalue weighted by Crippen LogP contribution is 2.28. The molecule has 2 N–H and O–H groups in total. The van der Waals surface area contributed by atoms with Crippen molar-refractivity contribution in [1.29, 1.82) is 0 Å². The number of fused-ring (bicyclic) bond motifs is 1. The van der Waals surface area contributed by atoms with E-state index in [0.29, 0.717) is 42.7 Å². The second-order valence-corrected chi connectivity index (χ2v) is 5.64. The van der Waals surface area contributed by atoms with Gasteiger partial charge < -0.3 is 19.4 Å². The van der Waals surface area contributed by atoms with E-state index in [1.807, 2.05) is 6.07 Å². The Morgan fingerprint density at radius 1 is 1.16 bits per heavy atom. The fourth-order valence-corrected chi connectivity index (χ4v) is 2.63. The van der Waals surface area contributed by atoms with Crippen molar-refractivity contribution < 1.29 is 19.4 Å². The van der Waals surface area contributed by atoms with Crippen molar-refractivity contribution in [3.63, 3.8) is 0 Å². The average Bonchev–Trinajstić information content (AvgIpc) is 2.62. The summed E-state index contributed by atoms with van der Waals surface area (Å²) in [5, 5.41) is 19.9. The first kappa shape index (κ1) is 17.0.